The molecule has 3 atom stereocenters. The number of carbonyl (C=O) groups is 1. The molecule has 0 aliphatic carbocycles. The monoisotopic (exact) mass is 520 g/mol. The lowest BCUT2D eigenvalue weighted by atomic mass is 10.0. The van der Waals surface area contributed by atoms with Gasteiger partial charge in [0.2, 0.25) is 0 Å². The fourth-order valence-corrected chi connectivity index (χ4v) is 3.93. The van der Waals surface area contributed by atoms with Gasteiger partial charge in [-0.2, -0.15) is 0 Å². The maximum Gasteiger partial charge on any atom is 0.472 e. The molecule has 0 aliphatic rings. The SMILES string of the molecule is CCCCC/C=C\C/C=C\CCCCCCCC(=O)C(O)[C@@H](O)COP(=O)(O)OCC[N+](C)(C)C. The van der Waals surface area contributed by atoms with Gasteiger partial charge < -0.3 is 19.6 Å². The fraction of sp³-hybridized carbons (Fsp3) is 0.808. The van der Waals surface area contributed by atoms with Crippen LogP contribution in [0.15, 0.2) is 24.3 Å². The van der Waals surface area contributed by atoms with E-state index in [2.05, 4.69) is 31.2 Å². The zero-order valence-corrected chi connectivity index (χ0v) is 23.3. The lowest BCUT2D eigenvalue weighted by Gasteiger charge is -2.24. The lowest BCUT2D eigenvalue weighted by Crippen LogP contribution is -2.38. The van der Waals surface area contributed by atoms with Gasteiger partial charge in [0.1, 0.15) is 25.4 Å². The highest BCUT2D eigenvalue weighted by atomic mass is 31.2. The van der Waals surface area contributed by atoms with Crippen LogP contribution in [0.5, 0.6) is 0 Å². The molecule has 0 aromatic carbocycles. The van der Waals surface area contributed by atoms with Gasteiger partial charge in [0, 0.05) is 6.42 Å². The molecule has 0 aromatic rings. The molecule has 0 bridgehead atoms. The molecule has 0 spiro atoms. The summed E-state index contributed by atoms with van der Waals surface area (Å²) >= 11 is 0. The van der Waals surface area contributed by atoms with Gasteiger partial charge >= 0.3 is 7.82 Å². The number of nitrogens with zero attached hydrogens (tertiary/aromatic N) is 1. The van der Waals surface area contributed by atoms with Crippen molar-refractivity contribution < 1.29 is 38.0 Å². The molecule has 0 heterocycles. The van der Waals surface area contributed by atoms with Crippen molar-refractivity contribution in [1.82, 2.24) is 0 Å². The van der Waals surface area contributed by atoms with E-state index >= 15 is 0 Å². The number of allylic oxidation sites excluding steroid dienone is 4. The zero-order chi connectivity index (χ0) is 26.6. The van der Waals surface area contributed by atoms with Crippen LogP contribution in [-0.4, -0.2) is 78.5 Å². The number of unbranched alkanes of at least 4 members (excludes halogenated alkanes) is 8. The van der Waals surface area contributed by atoms with E-state index in [0.717, 1.165) is 38.5 Å². The van der Waals surface area contributed by atoms with Crippen molar-refractivity contribution >= 4 is 13.6 Å². The third kappa shape index (κ3) is 22.1. The summed E-state index contributed by atoms with van der Waals surface area (Å²) in [5.41, 5.74) is 0. The Labute approximate surface area is 213 Å². The van der Waals surface area contributed by atoms with Crippen LogP contribution < -0.4 is 0 Å². The number of hydrogen-bond acceptors (Lipinski definition) is 6. The Morgan fingerprint density at radius 1 is 0.886 bits per heavy atom. The molecule has 0 saturated carbocycles. The number of aliphatic hydroxyl groups is 2. The topological polar surface area (TPSA) is 113 Å². The van der Waals surface area contributed by atoms with Crippen molar-refractivity contribution in [3.8, 4) is 0 Å². The second-order valence-electron chi connectivity index (χ2n) is 10.1. The second-order valence-corrected chi connectivity index (χ2v) is 11.5. The van der Waals surface area contributed by atoms with Gasteiger partial charge in [-0.3, -0.25) is 13.8 Å². The second kappa shape index (κ2) is 20.2. The molecule has 0 saturated heterocycles. The van der Waals surface area contributed by atoms with Gasteiger partial charge in [0.25, 0.3) is 0 Å². The number of phosphoric ester groups is 1. The Morgan fingerprint density at radius 3 is 2.06 bits per heavy atom. The van der Waals surface area contributed by atoms with Gasteiger partial charge in [0.15, 0.2) is 5.78 Å². The lowest BCUT2D eigenvalue weighted by molar-refractivity contribution is -0.870. The average Bonchev–Trinajstić information content (AvgIpc) is 2.78. The van der Waals surface area contributed by atoms with Crippen molar-refractivity contribution in [3.63, 3.8) is 0 Å². The minimum absolute atomic E-state index is 0.00167. The molecule has 2 unspecified atom stereocenters. The minimum Gasteiger partial charge on any atom is -0.388 e. The third-order valence-electron chi connectivity index (χ3n) is 5.49. The maximum atomic E-state index is 12.1. The molecule has 0 radical (unpaired) electrons. The van der Waals surface area contributed by atoms with E-state index in [1.807, 2.05) is 21.1 Å². The molecule has 0 aromatic heterocycles. The molecule has 0 amide bonds. The number of aliphatic hydroxyl groups excluding tert-OH is 2. The largest absolute Gasteiger partial charge is 0.472 e. The highest BCUT2D eigenvalue weighted by molar-refractivity contribution is 7.47. The van der Waals surface area contributed by atoms with Crippen LogP contribution in [0, 0.1) is 0 Å². The predicted octanol–water partition coefficient (Wildman–Crippen LogP) is 4.93. The van der Waals surface area contributed by atoms with Crippen LogP contribution in [0.1, 0.15) is 84.0 Å². The molecule has 8 nitrogen and oxygen atoms in total. The molecule has 3 N–H and O–H groups in total. The summed E-state index contributed by atoms with van der Waals surface area (Å²) in [6.45, 7) is 2.05. The molecule has 35 heavy (non-hydrogen) atoms. The Morgan fingerprint density at radius 2 is 1.46 bits per heavy atom. The summed E-state index contributed by atoms with van der Waals surface area (Å²) in [6.07, 6.45) is 17.6. The first-order chi connectivity index (χ1) is 16.5. The molecule has 206 valence electrons. The van der Waals surface area contributed by atoms with Gasteiger partial charge in [0.05, 0.1) is 27.7 Å². The summed E-state index contributed by atoms with van der Waals surface area (Å²) in [6, 6.07) is 0. The fourth-order valence-electron chi connectivity index (χ4n) is 3.20. The summed E-state index contributed by atoms with van der Waals surface area (Å²) in [4.78, 5) is 21.7. The summed E-state index contributed by atoms with van der Waals surface area (Å²) < 4.78 is 22.0. The van der Waals surface area contributed by atoms with Crippen LogP contribution in [0.4, 0.5) is 0 Å². The van der Waals surface area contributed by atoms with E-state index in [0.29, 0.717) is 17.4 Å². The molecule has 9 heteroatoms. The minimum atomic E-state index is -4.36. The number of quaternary nitrogens is 1. The van der Waals surface area contributed by atoms with E-state index in [-0.39, 0.29) is 13.0 Å². The van der Waals surface area contributed by atoms with Crippen molar-refractivity contribution in [3.05, 3.63) is 24.3 Å². The van der Waals surface area contributed by atoms with E-state index in [4.69, 9.17) is 9.05 Å². The van der Waals surface area contributed by atoms with E-state index in [9.17, 15) is 24.5 Å². The summed E-state index contributed by atoms with van der Waals surface area (Å²) in [7, 11) is 1.37. The molecule has 0 fully saturated rings. The number of rotatable bonds is 23. The number of hydrogen-bond donors (Lipinski definition) is 3. The highest BCUT2D eigenvalue weighted by Gasteiger charge is 2.29. The van der Waals surface area contributed by atoms with Crippen molar-refractivity contribution in [2.75, 3.05) is 40.9 Å². The van der Waals surface area contributed by atoms with Gasteiger partial charge in [-0.15, -0.1) is 0 Å². The van der Waals surface area contributed by atoms with Crippen molar-refractivity contribution in [2.45, 2.75) is 96.2 Å². The number of ketones is 1. The summed E-state index contributed by atoms with van der Waals surface area (Å²) in [5, 5.41) is 19.9. The Hall–Kier alpha value is -0.860. The molecule has 0 rings (SSSR count). The first-order valence-electron chi connectivity index (χ1n) is 13.1. The highest BCUT2D eigenvalue weighted by Crippen LogP contribution is 2.43. The van der Waals surface area contributed by atoms with Crippen LogP contribution in [0.2, 0.25) is 0 Å². The Balaban J connectivity index is 3.83. The molecule has 0 aliphatic heterocycles. The normalized spacial score (nSPS) is 16.1. The van der Waals surface area contributed by atoms with E-state index < -0.39 is 32.4 Å². The van der Waals surface area contributed by atoms with Crippen LogP contribution in [0.25, 0.3) is 0 Å². The molecular weight excluding hydrogens is 469 g/mol. The number of carbonyl (C=O) groups excluding carboxylic acids is 1. The number of Topliss-reactive ketones (excluding diaryl/α,β-unsaturated/α-hetero) is 1. The van der Waals surface area contributed by atoms with Gasteiger partial charge in [-0.25, -0.2) is 4.57 Å². The third-order valence-corrected chi connectivity index (χ3v) is 6.48. The van der Waals surface area contributed by atoms with Crippen molar-refractivity contribution in [1.29, 1.82) is 0 Å². The Bertz CT molecular complexity index is 646. The summed E-state index contributed by atoms with van der Waals surface area (Å²) in [5.74, 6) is -0.495. The van der Waals surface area contributed by atoms with E-state index in [1.54, 1.807) is 0 Å². The van der Waals surface area contributed by atoms with Gasteiger partial charge in [-0.05, 0) is 38.5 Å². The first kappa shape index (κ1) is 34.1. The quantitative estimate of drug-likeness (QED) is 0.0758. The van der Waals surface area contributed by atoms with Gasteiger partial charge in [-0.1, -0.05) is 63.3 Å². The maximum absolute atomic E-state index is 12.1. The predicted molar refractivity (Wildman–Crippen MR) is 141 cm³/mol. The average molecular weight is 521 g/mol. The first-order valence-corrected chi connectivity index (χ1v) is 14.6. The Kier molecular flexibility index (Phi) is 19.7. The zero-order valence-electron chi connectivity index (χ0n) is 22.4. The number of phosphoric acid groups is 1. The van der Waals surface area contributed by atoms with Crippen molar-refractivity contribution in [2.24, 2.45) is 0 Å². The molecular formula is C26H51NO7P+. The van der Waals surface area contributed by atoms with E-state index in [1.165, 1.54) is 25.7 Å². The smallest absolute Gasteiger partial charge is 0.388 e. The number of likely N-dealkylation sites (N-methyl/N-ethyl adjacent to an activating group) is 1. The van der Waals surface area contributed by atoms with Crippen LogP contribution in [0.3, 0.4) is 0 Å². The van der Waals surface area contributed by atoms with Crippen LogP contribution in [-0.2, 0) is 18.4 Å². The standard InChI is InChI=1S/C26H50NO7P/c1-5-6-7-8-9-10-11-12-13-14-15-16-17-18-19-20-24(28)26(30)25(29)23-34-35(31,32)33-22-21-27(2,3)4/h9-10,12-13,25-26,29-30H,5-8,11,14-23H2,1-4H3/p+1/b10-9-,13-12-/t25-,26?/m0/s1. The van der Waals surface area contributed by atoms with Crippen LogP contribution >= 0.6 is 7.82 Å².